The van der Waals surface area contributed by atoms with Crippen molar-refractivity contribution < 1.29 is 14.3 Å². The van der Waals surface area contributed by atoms with Gasteiger partial charge in [-0.25, -0.2) is 0 Å². The lowest BCUT2D eigenvalue weighted by atomic mass is 9.94. The summed E-state index contributed by atoms with van der Waals surface area (Å²) in [6, 6.07) is 16.0. The van der Waals surface area contributed by atoms with E-state index in [1.54, 1.807) is 19.0 Å². The SMILES string of the molecule is CC(C)CCC(=O)O[C@H]1c2ccccc2C[C@H]1Cc1ccc(C(=O)N(C)C)cc1. The fourth-order valence-electron chi connectivity index (χ4n) is 3.93. The monoisotopic (exact) mass is 393 g/mol. The maximum atomic E-state index is 12.4. The molecule has 4 nitrogen and oxygen atoms in total. The van der Waals surface area contributed by atoms with Crippen LogP contribution in [0.4, 0.5) is 0 Å². The second kappa shape index (κ2) is 9.25. The van der Waals surface area contributed by atoms with Crippen LogP contribution in [0.3, 0.4) is 0 Å². The lowest BCUT2D eigenvalue weighted by Crippen LogP contribution is -2.21. The Labute approximate surface area is 173 Å². The van der Waals surface area contributed by atoms with Gasteiger partial charge in [0, 0.05) is 32.0 Å². The lowest BCUT2D eigenvalue weighted by Gasteiger charge is -2.22. The highest BCUT2D eigenvalue weighted by atomic mass is 16.5. The number of carbonyl (C=O) groups excluding carboxylic acids is 2. The molecule has 0 aromatic heterocycles. The fourth-order valence-corrected chi connectivity index (χ4v) is 3.93. The number of ether oxygens (including phenoxy) is 1. The van der Waals surface area contributed by atoms with Gasteiger partial charge in [0.15, 0.2) is 0 Å². The topological polar surface area (TPSA) is 46.6 Å². The van der Waals surface area contributed by atoms with Crippen LogP contribution in [-0.2, 0) is 22.4 Å². The summed E-state index contributed by atoms with van der Waals surface area (Å²) in [6.45, 7) is 4.23. The Balaban J connectivity index is 1.73. The van der Waals surface area contributed by atoms with Crippen LogP contribution in [-0.4, -0.2) is 30.9 Å². The zero-order valence-corrected chi connectivity index (χ0v) is 17.9. The van der Waals surface area contributed by atoms with Gasteiger partial charge in [-0.3, -0.25) is 9.59 Å². The van der Waals surface area contributed by atoms with E-state index in [4.69, 9.17) is 4.74 Å². The summed E-state index contributed by atoms with van der Waals surface area (Å²) in [5.41, 5.74) is 4.24. The van der Waals surface area contributed by atoms with Crippen molar-refractivity contribution in [3.8, 4) is 0 Å². The van der Waals surface area contributed by atoms with Gasteiger partial charge in [0.1, 0.15) is 6.10 Å². The van der Waals surface area contributed by atoms with E-state index in [1.165, 1.54) is 5.56 Å². The summed E-state index contributed by atoms with van der Waals surface area (Å²) in [6.07, 6.45) is 2.82. The minimum absolute atomic E-state index is 0.00165. The van der Waals surface area contributed by atoms with E-state index in [1.807, 2.05) is 36.4 Å². The van der Waals surface area contributed by atoms with E-state index in [-0.39, 0.29) is 23.9 Å². The first-order chi connectivity index (χ1) is 13.8. The van der Waals surface area contributed by atoms with Gasteiger partial charge in [-0.05, 0) is 54.0 Å². The van der Waals surface area contributed by atoms with E-state index in [0.29, 0.717) is 17.9 Å². The van der Waals surface area contributed by atoms with E-state index in [2.05, 4.69) is 26.0 Å². The average Bonchev–Trinajstić information content (AvgIpc) is 3.03. The smallest absolute Gasteiger partial charge is 0.306 e. The molecule has 1 aliphatic carbocycles. The molecule has 154 valence electrons. The van der Waals surface area contributed by atoms with Gasteiger partial charge in [0.2, 0.25) is 0 Å². The molecule has 0 aliphatic heterocycles. The highest BCUT2D eigenvalue weighted by Crippen LogP contribution is 2.40. The molecule has 3 rings (SSSR count). The number of hydrogen-bond donors (Lipinski definition) is 0. The number of benzene rings is 2. The molecular formula is C25H31NO3. The van der Waals surface area contributed by atoms with Crippen LogP contribution in [0.25, 0.3) is 0 Å². The fraction of sp³-hybridized carbons (Fsp3) is 0.440. The number of amides is 1. The van der Waals surface area contributed by atoms with Crippen LogP contribution in [0, 0.1) is 11.8 Å². The Hall–Kier alpha value is -2.62. The molecule has 29 heavy (non-hydrogen) atoms. The number of rotatable bonds is 7. The second-order valence-electron chi connectivity index (χ2n) is 8.61. The Kier molecular flexibility index (Phi) is 6.73. The lowest BCUT2D eigenvalue weighted by molar-refractivity contribution is -0.152. The van der Waals surface area contributed by atoms with Gasteiger partial charge in [0.25, 0.3) is 5.91 Å². The Morgan fingerprint density at radius 3 is 2.41 bits per heavy atom. The number of hydrogen-bond acceptors (Lipinski definition) is 3. The van der Waals surface area contributed by atoms with Crippen LogP contribution in [0.2, 0.25) is 0 Å². The standard InChI is InChI=1S/C25H31NO3/c1-17(2)9-14-23(27)29-24-21(16-20-7-5-6-8-22(20)24)15-18-10-12-19(13-11-18)25(28)26(3)4/h5-8,10-13,17,21,24H,9,14-16H2,1-4H3/t21-,24-/m1/s1. The van der Waals surface area contributed by atoms with Gasteiger partial charge >= 0.3 is 5.97 Å². The predicted molar refractivity (Wildman–Crippen MR) is 115 cm³/mol. The third-order valence-corrected chi connectivity index (χ3v) is 5.56. The summed E-state index contributed by atoms with van der Waals surface area (Å²) in [4.78, 5) is 26.1. The van der Waals surface area contributed by atoms with Crippen molar-refractivity contribution in [1.82, 2.24) is 4.90 Å². The highest BCUT2D eigenvalue weighted by Gasteiger charge is 2.35. The molecule has 2 aromatic rings. The molecule has 0 bridgehead atoms. The zero-order chi connectivity index (χ0) is 21.0. The molecule has 0 spiro atoms. The van der Waals surface area contributed by atoms with E-state index < -0.39 is 0 Å². The Morgan fingerprint density at radius 2 is 1.76 bits per heavy atom. The predicted octanol–water partition coefficient (Wildman–Crippen LogP) is 4.82. The molecule has 2 atom stereocenters. The largest absolute Gasteiger partial charge is 0.457 e. The van der Waals surface area contributed by atoms with Crippen LogP contribution in [0.15, 0.2) is 48.5 Å². The normalized spacial score (nSPS) is 17.8. The van der Waals surface area contributed by atoms with E-state index in [0.717, 1.165) is 30.4 Å². The van der Waals surface area contributed by atoms with Crippen molar-refractivity contribution in [2.24, 2.45) is 11.8 Å². The molecule has 1 amide bonds. The molecule has 4 heteroatoms. The summed E-state index contributed by atoms with van der Waals surface area (Å²) in [7, 11) is 3.51. The van der Waals surface area contributed by atoms with E-state index in [9.17, 15) is 9.59 Å². The molecule has 0 saturated heterocycles. The Bertz CT molecular complexity index is 855. The molecule has 0 N–H and O–H groups in total. The third kappa shape index (κ3) is 5.26. The summed E-state index contributed by atoms with van der Waals surface area (Å²) in [5.74, 6) is 0.586. The van der Waals surface area contributed by atoms with E-state index >= 15 is 0 Å². The number of nitrogens with zero attached hydrogens (tertiary/aromatic N) is 1. The summed E-state index contributed by atoms with van der Waals surface area (Å²) >= 11 is 0. The van der Waals surface area contributed by atoms with Gasteiger partial charge in [0.05, 0.1) is 0 Å². The maximum absolute atomic E-state index is 12.4. The quantitative estimate of drug-likeness (QED) is 0.634. The average molecular weight is 394 g/mol. The number of carbonyl (C=O) groups is 2. The van der Waals surface area contributed by atoms with Gasteiger partial charge < -0.3 is 9.64 Å². The molecule has 0 saturated carbocycles. The highest BCUT2D eigenvalue weighted by molar-refractivity contribution is 5.93. The first kappa shape index (κ1) is 21.1. The molecule has 0 heterocycles. The van der Waals surface area contributed by atoms with Crippen molar-refractivity contribution in [3.05, 3.63) is 70.8 Å². The number of fused-ring (bicyclic) bond motifs is 1. The maximum Gasteiger partial charge on any atom is 0.306 e. The summed E-state index contributed by atoms with van der Waals surface area (Å²) in [5, 5.41) is 0. The van der Waals surface area contributed by atoms with Crippen molar-refractivity contribution in [2.45, 2.75) is 45.6 Å². The molecular weight excluding hydrogens is 362 g/mol. The molecule has 2 aromatic carbocycles. The van der Waals surface area contributed by atoms with Gasteiger partial charge in [-0.15, -0.1) is 0 Å². The van der Waals surface area contributed by atoms with Crippen LogP contribution in [0.5, 0.6) is 0 Å². The van der Waals surface area contributed by atoms with Gasteiger partial charge in [-0.2, -0.15) is 0 Å². The molecule has 0 fully saturated rings. The zero-order valence-electron chi connectivity index (χ0n) is 17.9. The molecule has 0 radical (unpaired) electrons. The second-order valence-corrected chi connectivity index (χ2v) is 8.61. The molecule has 1 aliphatic rings. The first-order valence-electron chi connectivity index (χ1n) is 10.4. The minimum atomic E-state index is -0.200. The Morgan fingerprint density at radius 1 is 1.07 bits per heavy atom. The third-order valence-electron chi connectivity index (χ3n) is 5.56. The summed E-state index contributed by atoms with van der Waals surface area (Å²) < 4.78 is 5.97. The molecule has 0 unspecified atom stereocenters. The van der Waals surface area contributed by atoms with Crippen LogP contribution < -0.4 is 0 Å². The van der Waals surface area contributed by atoms with Gasteiger partial charge in [-0.1, -0.05) is 50.2 Å². The van der Waals surface area contributed by atoms with Crippen LogP contribution >= 0.6 is 0 Å². The van der Waals surface area contributed by atoms with Crippen molar-refractivity contribution in [1.29, 1.82) is 0 Å². The van der Waals surface area contributed by atoms with Crippen molar-refractivity contribution >= 4 is 11.9 Å². The van der Waals surface area contributed by atoms with Crippen molar-refractivity contribution in [2.75, 3.05) is 14.1 Å². The first-order valence-corrected chi connectivity index (χ1v) is 10.4. The minimum Gasteiger partial charge on any atom is -0.457 e. The number of esters is 1. The van der Waals surface area contributed by atoms with Crippen LogP contribution in [0.1, 0.15) is 59.8 Å². The van der Waals surface area contributed by atoms with Crippen molar-refractivity contribution in [3.63, 3.8) is 0 Å².